The number of anilines is 6. The minimum atomic E-state index is -4.72. The molecule has 0 saturated carbocycles. The van der Waals surface area contributed by atoms with E-state index in [1.54, 1.807) is 12.0 Å². The number of carbonyl (C=O) groups is 3. The minimum Gasteiger partial charge on any atom is -0.494 e. The number of methoxy groups -OCH3 is 1. The molecule has 4 aliphatic rings. The molecule has 3 amide bonds. The summed E-state index contributed by atoms with van der Waals surface area (Å²) in [5, 5.41) is 8.07. The highest BCUT2D eigenvalue weighted by Gasteiger charge is 2.40. The second kappa shape index (κ2) is 19.3. The number of amides is 3. The Hall–Kier alpha value is -6.07. The third-order valence-electron chi connectivity index (χ3n) is 13.7. The largest absolute Gasteiger partial charge is 0.494 e. The quantitative estimate of drug-likeness (QED) is 0.0852. The van der Waals surface area contributed by atoms with Crippen molar-refractivity contribution < 1.29 is 49.5 Å². The van der Waals surface area contributed by atoms with E-state index in [0.717, 1.165) is 84.9 Å². The zero-order valence-electron chi connectivity index (χ0n) is 38.4. The number of fused-ring (bicyclic) bond motifs is 1. The lowest BCUT2D eigenvalue weighted by atomic mass is 9.89. The standard InChI is InChI=1S/C47H50BrF5N10O6S/c1-4-26-19-37(56-46-54-23-33(48)43(58-46)55-36-7-6-32(47(51,52)53)30-11-14-63(42(30)36)70(3,67)68)39(69-2)22-38(26)60-12-9-28(10-13-60)59-15-17-61(18-16-59)45(66)27-24-62(25-27)29-20-34(49)41(35(50)21-29)31-5-8-40(64)57-44(31)65/h6-7,11,14,19-23,27-28,31H,4-5,8-10,12-13,15-18,24-25H2,1-3H3,(H,57,64,65)(H2,54,55,56,58)/t31-/m1/s1. The summed E-state index contributed by atoms with van der Waals surface area (Å²) >= 11 is 3.41. The molecule has 9 rings (SSSR count). The molecule has 70 heavy (non-hydrogen) atoms. The topological polar surface area (TPSA) is 174 Å². The summed E-state index contributed by atoms with van der Waals surface area (Å²) in [4.78, 5) is 54.7. The van der Waals surface area contributed by atoms with E-state index in [1.807, 2.05) is 17.0 Å². The summed E-state index contributed by atoms with van der Waals surface area (Å²) in [7, 11) is -2.42. The van der Waals surface area contributed by atoms with Crippen LogP contribution in [0.1, 0.15) is 55.2 Å². The van der Waals surface area contributed by atoms with Gasteiger partial charge in [0, 0.05) is 106 Å². The maximum atomic E-state index is 15.2. The van der Waals surface area contributed by atoms with Crippen molar-refractivity contribution in [2.45, 2.75) is 57.2 Å². The second-order valence-corrected chi connectivity index (χ2v) is 20.7. The molecule has 2 aromatic heterocycles. The lowest BCUT2D eigenvalue weighted by Gasteiger charge is -2.46. The van der Waals surface area contributed by atoms with Gasteiger partial charge in [0.25, 0.3) is 0 Å². The Bertz CT molecular complexity index is 2970. The smallest absolute Gasteiger partial charge is 0.417 e. The highest BCUT2D eigenvalue weighted by Crippen LogP contribution is 2.42. The van der Waals surface area contributed by atoms with Crippen LogP contribution in [-0.2, 0) is 37.0 Å². The maximum absolute atomic E-state index is 15.2. The molecule has 4 fully saturated rings. The number of aryl methyl sites for hydroxylation is 1. The number of piperazine rings is 1. The van der Waals surface area contributed by atoms with Gasteiger partial charge in [0.05, 0.1) is 52.1 Å². The number of halogens is 6. The molecule has 3 aromatic carbocycles. The average Bonchev–Trinajstić information content (AvgIpc) is 3.77. The molecule has 0 radical (unpaired) electrons. The first-order chi connectivity index (χ1) is 33.3. The Morgan fingerprint density at radius 3 is 2.26 bits per heavy atom. The first-order valence-corrected chi connectivity index (χ1v) is 25.5. The van der Waals surface area contributed by atoms with Crippen LogP contribution in [0.2, 0.25) is 0 Å². The molecule has 23 heteroatoms. The van der Waals surface area contributed by atoms with E-state index in [9.17, 15) is 36.0 Å². The van der Waals surface area contributed by atoms with E-state index in [4.69, 9.17) is 4.74 Å². The van der Waals surface area contributed by atoms with Crippen LogP contribution < -0.4 is 30.5 Å². The van der Waals surface area contributed by atoms with Crippen LogP contribution >= 0.6 is 15.9 Å². The summed E-state index contributed by atoms with van der Waals surface area (Å²) in [6.07, 6.45) is 1.29. The van der Waals surface area contributed by atoms with Crippen LogP contribution in [0.3, 0.4) is 0 Å². The molecule has 372 valence electrons. The van der Waals surface area contributed by atoms with Gasteiger partial charge >= 0.3 is 6.18 Å². The van der Waals surface area contributed by atoms with Crippen LogP contribution in [0, 0.1) is 17.6 Å². The highest BCUT2D eigenvalue weighted by atomic mass is 79.9. The fourth-order valence-electron chi connectivity index (χ4n) is 10.0. The summed E-state index contributed by atoms with van der Waals surface area (Å²) in [6, 6.07) is 9.84. The van der Waals surface area contributed by atoms with Crippen molar-refractivity contribution in [2.75, 3.05) is 86.2 Å². The van der Waals surface area contributed by atoms with Crippen molar-refractivity contribution in [3.05, 3.63) is 87.7 Å². The molecule has 0 aliphatic carbocycles. The predicted octanol–water partition coefficient (Wildman–Crippen LogP) is 7.13. The number of aromatic nitrogens is 3. The predicted molar refractivity (Wildman–Crippen MR) is 256 cm³/mol. The van der Waals surface area contributed by atoms with Crippen molar-refractivity contribution in [1.29, 1.82) is 0 Å². The van der Waals surface area contributed by atoms with Gasteiger partial charge in [-0.3, -0.25) is 24.6 Å². The molecule has 0 unspecified atom stereocenters. The Morgan fingerprint density at radius 1 is 0.929 bits per heavy atom. The number of alkyl halides is 3. The first kappa shape index (κ1) is 48.9. The SMILES string of the molecule is CCc1cc(Nc2ncc(Br)c(Nc3ccc(C(F)(F)F)c4ccn(S(C)(=O)=O)c34)n2)c(OC)cc1N1CCC(N2CCN(C(=O)C3CN(c4cc(F)c([C@H]5CCC(=O)NC5=O)c(F)c4)C3)CC2)CC1. The van der Waals surface area contributed by atoms with Crippen molar-refractivity contribution in [3.63, 3.8) is 0 Å². The van der Waals surface area contributed by atoms with Gasteiger partial charge in [0.15, 0.2) is 0 Å². The van der Waals surface area contributed by atoms with Crippen LogP contribution in [0.5, 0.6) is 5.75 Å². The molecule has 0 spiro atoms. The average molecular weight is 1060 g/mol. The monoisotopic (exact) mass is 1060 g/mol. The molecule has 4 aliphatic heterocycles. The Labute approximate surface area is 408 Å². The number of nitrogens with zero attached hydrogens (tertiary/aromatic N) is 7. The number of benzene rings is 3. The van der Waals surface area contributed by atoms with E-state index in [2.05, 4.69) is 58.6 Å². The molecule has 4 saturated heterocycles. The fraction of sp³-hybridized carbons (Fsp3) is 0.426. The van der Waals surface area contributed by atoms with E-state index < -0.39 is 51.1 Å². The second-order valence-electron chi connectivity index (χ2n) is 18.0. The van der Waals surface area contributed by atoms with E-state index in [0.29, 0.717) is 60.2 Å². The van der Waals surface area contributed by atoms with Crippen LogP contribution in [0.25, 0.3) is 10.9 Å². The molecular weight excluding hydrogens is 1010 g/mol. The van der Waals surface area contributed by atoms with Crippen LogP contribution in [0.15, 0.2) is 59.3 Å². The summed E-state index contributed by atoms with van der Waals surface area (Å²) < 4.78 is 104. The zero-order valence-corrected chi connectivity index (χ0v) is 40.8. The molecule has 16 nitrogen and oxygen atoms in total. The minimum absolute atomic E-state index is 0.00656. The van der Waals surface area contributed by atoms with Gasteiger partial charge in [-0.15, -0.1) is 0 Å². The molecule has 5 aromatic rings. The Kier molecular flexibility index (Phi) is 13.5. The van der Waals surface area contributed by atoms with Gasteiger partial charge in [0.1, 0.15) is 23.2 Å². The fourth-order valence-corrected chi connectivity index (χ4v) is 11.1. The number of imide groups is 1. The number of hydrogen-bond acceptors (Lipinski definition) is 13. The number of hydrogen-bond donors (Lipinski definition) is 3. The van der Waals surface area contributed by atoms with Crippen LogP contribution in [-0.4, -0.2) is 122 Å². The van der Waals surface area contributed by atoms with Crippen molar-refractivity contribution in [1.82, 2.24) is 29.1 Å². The lowest BCUT2D eigenvalue weighted by Crippen LogP contribution is -2.59. The number of ether oxygens (including phenoxy) is 1. The van der Waals surface area contributed by atoms with E-state index in [1.165, 1.54) is 18.3 Å². The Morgan fingerprint density at radius 2 is 1.63 bits per heavy atom. The summed E-state index contributed by atoms with van der Waals surface area (Å²) in [6.45, 7) is 6.95. The van der Waals surface area contributed by atoms with Crippen molar-refractivity contribution >= 4 is 89.1 Å². The van der Waals surface area contributed by atoms with Gasteiger partial charge in [-0.2, -0.15) is 18.2 Å². The maximum Gasteiger partial charge on any atom is 0.417 e. The summed E-state index contributed by atoms with van der Waals surface area (Å²) in [5.74, 6) is -3.39. The number of piperidine rings is 2. The van der Waals surface area contributed by atoms with E-state index in [-0.39, 0.29) is 58.6 Å². The Balaban J connectivity index is 0.798. The third-order valence-corrected chi connectivity index (χ3v) is 15.3. The molecular formula is C47H50BrF5N10O6S. The van der Waals surface area contributed by atoms with Crippen molar-refractivity contribution in [2.24, 2.45) is 5.92 Å². The van der Waals surface area contributed by atoms with Gasteiger partial charge in [-0.1, -0.05) is 6.92 Å². The number of carbonyl (C=O) groups excluding carboxylic acids is 3. The molecule has 0 bridgehead atoms. The van der Waals surface area contributed by atoms with Gasteiger partial charge in [-0.05, 0) is 83.6 Å². The third kappa shape index (κ3) is 9.70. The zero-order chi connectivity index (χ0) is 49.8. The highest BCUT2D eigenvalue weighted by molar-refractivity contribution is 9.10. The van der Waals surface area contributed by atoms with Gasteiger partial charge in [-0.25, -0.2) is 26.2 Å². The summed E-state index contributed by atoms with van der Waals surface area (Å²) in [5.41, 5.74) is 1.54. The molecule has 3 N–H and O–H groups in total. The van der Waals surface area contributed by atoms with Gasteiger partial charge < -0.3 is 30.1 Å². The first-order valence-electron chi connectivity index (χ1n) is 22.9. The van der Waals surface area contributed by atoms with Crippen molar-refractivity contribution in [3.8, 4) is 5.75 Å². The molecule has 6 heterocycles. The normalized spacial score (nSPS) is 18.8. The van der Waals surface area contributed by atoms with Gasteiger partial charge in [0.2, 0.25) is 33.7 Å². The van der Waals surface area contributed by atoms with E-state index >= 15 is 8.78 Å². The number of rotatable bonds is 12. The lowest BCUT2D eigenvalue weighted by molar-refractivity contribution is -0.138. The molecule has 1 atom stereocenters. The van der Waals surface area contributed by atoms with Crippen LogP contribution in [0.4, 0.5) is 56.5 Å². The number of nitrogens with one attached hydrogen (secondary N) is 3.